The van der Waals surface area contributed by atoms with E-state index < -0.39 is 17.1 Å². The van der Waals surface area contributed by atoms with Crippen molar-refractivity contribution in [3.05, 3.63) is 128 Å². The van der Waals surface area contributed by atoms with Gasteiger partial charge in [-0.05, 0) is 47.5 Å². The molecule has 0 spiro atoms. The fourth-order valence-electron chi connectivity index (χ4n) is 3.86. The fraction of sp³-hybridized carbons (Fsp3) is 0.0800. The number of hydrogen-bond donors (Lipinski definition) is 0. The molecule has 0 unspecified atom stereocenters. The van der Waals surface area contributed by atoms with Crippen molar-refractivity contribution in [3.63, 3.8) is 0 Å². The topological polar surface area (TPSA) is 61.8 Å². The van der Waals surface area contributed by atoms with E-state index in [1.54, 1.807) is 10.6 Å². The van der Waals surface area contributed by atoms with Gasteiger partial charge in [0.25, 0.3) is 5.56 Å². The molecule has 0 bridgehead atoms. The van der Waals surface area contributed by atoms with E-state index in [4.69, 9.17) is 11.6 Å². The summed E-state index contributed by atoms with van der Waals surface area (Å²) < 4.78 is 17.8. The van der Waals surface area contributed by atoms with Crippen LogP contribution in [0.15, 0.2) is 94.8 Å². The lowest BCUT2D eigenvalue weighted by Gasteiger charge is -2.13. The van der Waals surface area contributed by atoms with Crippen molar-refractivity contribution >= 4 is 22.8 Å². The average molecular weight is 461 g/mol. The molecule has 0 radical (unpaired) electrons. The third-order valence-corrected chi connectivity index (χ3v) is 5.65. The van der Waals surface area contributed by atoms with Crippen LogP contribution in [0.25, 0.3) is 16.9 Å². The highest BCUT2D eigenvalue weighted by molar-refractivity contribution is 6.30. The first-order valence-electron chi connectivity index (χ1n) is 10.3. The smallest absolute Gasteiger partial charge is 0.320 e. The third-order valence-electron chi connectivity index (χ3n) is 5.41. The summed E-state index contributed by atoms with van der Waals surface area (Å²) in [5, 5.41) is 0.585. The van der Waals surface area contributed by atoms with Crippen LogP contribution in [0.3, 0.4) is 0 Å². The van der Waals surface area contributed by atoms with Crippen LogP contribution in [0.4, 0.5) is 4.39 Å². The van der Waals surface area contributed by atoms with Gasteiger partial charge in [-0.2, -0.15) is 0 Å². The van der Waals surface area contributed by atoms with E-state index in [2.05, 4.69) is 4.98 Å². The maximum absolute atomic E-state index is 13.6. The molecule has 5 aromatic rings. The molecule has 5 rings (SSSR count). The van der Waals surface area contributed by atoms with Gasteiger partial charge < -0.3 is 4.57 Å². The zero-order valence-corrected chi connectivity index (χ0v) is 18.1. The number of imidazole rings is 1. The van der Waals surface area contributed by atoms with Crippen molar-refractivity contribution in [1.82, 2.24) is 18.7 Å². The number of aromatic nitrogens is 4. The average Bonchev–Trinajstić information content (AvgIpc) is 3.22. The fourth-order valence-corrected chi connectivity index (χ4v) is 4.07. The molecule has 0 saturated heterocycles. The van der Waals surface area contributed by atoms with Crippen LogP contribution in [0, 0.1) is 5.82 Å². The summed E-state index contributed by atoms with van der Waals surface area (Å²) in [6, 6.07) is 22.1. The predicted octanol–water partition coefficient (Wildman–Crippen LogP) is 4.24. The van der Waals surface area contributed by atoms with Gasteiger partial charge in [-0.3, -0.25) is 9.36 Å². The van der Waals surface area contributed by atoms with Gasteiger partial charge in [0.15, 0.2) is 11.2 Å². The molecule has 3 aromatic carbocycles. The molecule has 2 heterocycles. The third kappa shape index (κ3) is 3.99. The van der Waals surface area contributed by atoms with Crippen LogP contribution in [0.5, 0.6) is 0 Å². The van der Waals surface area contributed by atoms with Gasteiger partial charge >= 0.3 is 5.69 Å². The van der Waals surface area contributed by atoms with E-state index >= 15 is 0 Å². The molecule has 0 atom stereocenters. The van der Waals surface area contributed by atoms with Gasteiger partial charge in [0.2, 0.25) is 0 Å². The Kier molecular flexibility index (Phi) is 5.40. The van der Waals surface area contributed by atoms with Gasteiger partial charge in [0, 0.05) is 11.6 Å². The van der Waals surface area contributed by atoms with Crippen LogP contribution in [0.2, 0.25) is 5.02 Å². The quantitative estimate of drug-likeness (QED) is 0.394. The first-order valence-corrected chi connectivity index (χ1v) is 10.6. The Morgan fingerprint density at radius 3 is 2.30 bits per heavy atom. The minimum atomic E-state index is -0.545. The summed E-state index contributed by atoms with van der Waals surface area (Å²) in [5.41, 5.74) is 1.60. The second-order valence-corrected chi connectivity index (χ2v) is 8.08. The summed E-state index contributed by atoms with van der Waals surface area (Å²) in [4.78, 5) is 31.4. The van der Waals surface area contributed by atoms with E-state index in [1.807, 2.05) is 48.5 Å². The minimum Gasteiger partial charge on any atom is -0.320 e. The largest absolute Gasteiger partial charge is 0.337 e. The van der Waals surface area contributed by atoms with Crippen LogP contribution in [-0.2, 0) is 13.1 Å². The van der Waals surface area contributed by atoms with E-state index in [9.17, 15) is 14.0 Å². The second kappa shape index (κ2) is 8.52. The van der Waals surface area contributed by atoms with E-state index in [-0.39, 0.29) is 17.7 Å². The minimum absolute atomic E-state index is 0.0952. The first kappa shape index (κ1) is 20.9. The Morgan fingerprint density at radius 1 is 0.848 bits per heavy atom. The molecule has 0 N–H and O–H groups in total. The molecule has 8 heteroatoms. The molecule has 33 heavy (non-hydrogen) atoms. The second-order valence-electron chi connectivity index (χ2n) is 7.65. The lowest BCUT2D eigenvalue weighted by molar-refractivity contribution is 0.626. The lowest BCUT2D eigenvalue weighted by atomic mass is 10.2. The highest BCUT2D eigenvalue weighted by Gasteiger charge is 2.19. The number of fused-ring (bicyclic) bond motifs is 1. The summed E-state index contributed by atoms with van der Waals surface area (Å²) in [5.74, 6) is -0.424. The van der Waals surface area contributed by atoms with Gasteiger partial charge in [0.1, 0.15) is 5.82 Å². The SMILES string of the molecule is O=c1c2c(ncn2Cc2cccc(Cl)c2)n(-c2ccc(F)cc2)c(=O)n1Cc1ccccc1. The molecule has 0 saturated carbocycles. The number of halogens is 2. The number of rotatable bonds is 5. The van der Waals surface area contributed by atoms with Gasteiger partial charge in [0.05, 0.1) is 18.6 Å². The summed E-state index contributed by atoms with van der Waals surface area (Å²) in [6.45, 7) is 0.442. The molecule has 0 aliphatic heterocycles. The van der Waals surface area contributed by atoms with E-state index in [0.29, 0.717) is 17.3 Å². The Labute approximate surface area is 192 Å². The molecule has 0 aliphatic carbocycles. The monoisotopic (exact) mass is 460 g/mol. The van der Waals surface area contributed by atoms with Crippen molar-refractivity contribution in [3.8, 4) is 5.69 Å². The zero-order chi connectivity index (χ0) is 22.9. The van der Waals surface area contributed by atoms with E-state index in [0.717, 1.165) is 11.1 Å². The number of benzene rings is 3. The zero-order valence-electron chi connectivity index (χ0n) is 17.4. The van der Waals surface area contributed by atoms with Crippen molar-refractivity contribution in [2.24, 2.45) is 0 Å². The maximum Gasteiger partial charge on any atom is 0.337 e. The van der Waals surface area contributed by atoms with Crippen LogP contribution < -0.4 is 11.2 Å². The van der Waals surface area contributed by atoms with Crippen LogP contribution in [-0.4, -0.2) is 18.7 Å². The summed E-state index contributed by atoms with van der Waals surface area (Å²) in [7, 11) is 0. The standard InChI is InChI=1S/C25H18ClFN4O2/c26-19-8-4-7-18(13-19)14-29-16-28-23-22(29)24(32)30(15-17-5-2-1-3-6-17)25(33)31(23)21-11-9-20(27)10-12-21/h1-13,16H,14-15H2. The molecule has 6 nitrogen and oxygen atoms in total. The highest BCUT2D eigenvalue weighted by atomic mass is 35.5. The van der Waals surface area contributed by atoms with Crippen LogP contribution in [0.1, 0.15) is 11.1 Å². The lowest BCUT2D eigenvalue weighted by Crippen LogP contribution is -2.40. The first-order chi connectivity index (χ1) is 16.0. The van der Waals surface area contributed by atoms with Crippen molar-refractivity contribution in [1.29, 1.82) is 0 Å². The number of nitrogens with zero attached hydrogens (tertiary/aromatic N) is 4. The maximum atomic E-state index is 13.6. The Bertz CT molecular complexity index is 1570. The predicted molar refractivity (Wildman–Crippen MR) is 126 cm³/mol. The summed E-state index contributed by atoms with van der Waals surface area (Å²) in [6.07, 6.45) is 1.53. The van der Waals surface area contributed by atoms with E-state index in [1.165, 1.54) is 39.7 Å². The summed E-state index contributed by atoms with van der Waals surface area (Å²) >= 11 is 6.12. The molecule has 2 aromatic heterocycles. The van der Waals surface area contributed by atoms with Gasteiger partial charge in [-0.15, -0.1) is 0 Å². The number of hydrogen-bond acceptors (Lipinski definition) is 3. The molecular formula is C25H18ClFN4O2. The van der Waals surface area contributed by atoms with Gasteiger partial charge in [-0.1, -0.05) is 54.1 Å². The molecule has 0 aliphatic rings. The molecule has 164 valence electrons. The van der Waals surface area contributed by atoms with Crippen molar-refractivity contribution in [2.45, 2.75) is 13.1 Å². The Balaban J connectivity index is 1.76. The Hall–Kier alpha value is -3.97. The molecular weight excluding hydrogens is 443 g/mol. The normalized spacial score (nSPS) is 11.2. The van der Waals surface area contributed by atoms with Crippen molar-refractivity contribution in [2.75, 3.05) is 0 Å². The van der Waals surface area contributed by atoms with Crippen LogP contribution >= 0.6 is 11.6 Å². The molecule has 0 amide bonds. The van der Waals surface area contributed by atoms with Crippen molar-refractivity contribution < 1.29 is 4.39 Å². The van der Waals surface area contributed by atoms with Gasteiger partial charge in [-0.25, -0.2) is 18.7 Å². The highest BCUT2D eigenvalue weighted by Crippen LogP contribution is 2.17. The molecule has 0 fully saturated rings. The Morgan fingerprint density at radius 2 is 1.58 bits per heavy atom.